The van der Waals surface area contributed by atoms with E-state index < -0.39 is 0 Å². The van der Waals surface area contributed by atoms with Crippen molar-refractivity contribution in [3.63, 3.8) is 0 Å². The van der Waals surface area contributed by atoms with E-state index in [1.165, 1.54) is 0 Å². The zero-order valence-corrected chi connectivity index (χ0v) is 13.6. The van der Waals surface area contributed by atoms with Crippen LogP contribution in [-0.2, 0) is 0 Å². The summed E-state index contributed by atoms with van der Waals surface area (Å²) in [6.07, 6.45) is 2.64. The largest absolute Gasteiger partial charge is 0.494 e. The fourth-order valence-electron chi connectivity index (χ4n) is 1.70. The number of benzene rings is 1. The average molecular weight is 316 g/mol. The maximum Gasteiger partial charge on any atom is 0.271 e. The van der Waals surface area contributed by atoms with E-state index in [2.05, 4.69) is 24.4 Å². The van der Waals surface area contributed by atoms with E-state index in [9.17, 15) is 4.79 Å². The van der Waals surface area contributed by atoms with Gasteiger partial charge in [0.05, 0.1) is 12.8 Å². The molecule has 0 unspecified atom stereocenters. The number of ether oxygens (including phenoxy) is 1. The Labute approximate surface area is 134 Å². The van der Waals surface area contributed by atoms with Crippen LogP contribution in [0, 0.1) is 5.92 Å². The number of nitrogens with one attached hydrogen (secondary N) is 1. The average Bonchev–Trinajstić information content (AvgIpc) is 3.01. The van der Waals surface area contributed by atoms with Crippen molar-refractivity contribution in [3.05, 3.63) is 52.2 Å². The Kier molecular flexibility index (Phi) is 6.15. The molecule has 5 heteroatoms. The lowest BCUT2D eigenvalue weighted by molar-refractivity contribution is 0.0955. The van der Waals surface area contributed by atoms with Crippen molar-refractivity contribution in [3.8, 4) is 5.75 Å². The molecule has 0 aliphatic carbocycles. The minimum Gasteiger partial charge on any atom is -0.494 e. The van der Waals surface area contributed by atoms with Crippen molar-refractivity contribution in [1.82, 2.24) is 5.43 Å². The Bertz CT molecular complexity index is 604. The number of carbonyl (C=O) groups is 1. The maximum atomic E-state index is 11.9. The summed E-state index contributed by atoms with van der Waals surface area (Å²) in [6.45, 7) is 5.01. The van der Waals surface area contributed by atoms with Crippen LogP contribution >= 0.6 is 11.3 Å². The van der Waals surface area contributed by atoms with E-state index in [-0.39, 0.29) is 5.91 Å². The maximum absolute atomic E-state index is 11.9. The molecule has 1 aromatic carbocycles. The molecule has 0 radical (unpaired) electrons. The molecule has 1 N–H and O–H groups in total. The predicted molar refractivity (Wildman–Crippen MR) is 90.8 cm³/mol. The van der Waals surface area contributed by atoms with E-state index >= 15 is 0 Å². The van der Waals surface area contributed by atoms with Gasteiger partial charge in [0.1, 0.15) is 5.75 Å². The van der Waals surface area contributed by atoms with Gasteiger partial charge >= 0.3 is 0 Å². The monoisotopic (exact) mass is 316 g/mol. The van der Waals surface area contributed by atoms with Gasteiger partial charge in [-0.3, -0.25) is 4.79 Å². The second-order valence-corrected chi connectivity index (χ2v) is 6.25. The number of rotatable bonds is 7. The fraction of sp³-hybridized carbons (Fsp3) is 0.294. The molecule has 0 aliphatic heterocycles. The highest BCUT2D eigenvalue weighted by atomic mass is 32.1. The molecular weight excluding hydrogens is 296 g/mol. The van der Waals surface area contributed by atoms with Crippen molar-refractivity contribution in [2.24, 2.45) is 11.0 Å². The standard InChI is InChI=1S/C17H20N2O2S/c1-13(2)9-10-21-15-7-5-14(6-8-15)17(20)19-18-12-16-4-3-11-22-16/h3-8,11-13H,9-10H2,1-2H3,(H,19,20). The van der Waals surface area contributed by atoms with Crippen LogP contribution in [0.15, 0.2) is 46.9 Å². The van der Waals surface area contributed by atoms with Gasteiger partial charge < -0.3 is 4.74 Å². The molecule has 1 aromatic heterocycles. The Morgan fingerprint density at radius 1 is 1.32 bits per heavy atom. The van der Waals surface area contributed by atoms with E-state index in [4.69, 9.17) is 4.74 Å². The van der Waals surface area contributed by atoms with Crippen LogP contribution in [0.2, 0.25) is 0 Å². The first-order valence-corrected chi connectivity index (χ1v) is 8.13. The fourth-order valence-corrected chi connectivity index (χ4v) is 2.28. The zero-order valence-electron chi connectivity index (χ0n) is 12.8. The Hall–Kier alpha value is -2.14. The number of amides is 1. The minimum absolute atomic E-state index is 0.235. The van der Waals surface area contributed by atoms with Crippen molar-refractivity contribution >= 4 is 23.5 Å². The number of nitrogens with zero attached hydrogens (tertiary/aromatic N) is 1. The first-order chi connectivity index (χ1) is 10.6. The molecular formula is C17H20N2O2S. The zero-order chi connectivity index (χ0) is 15.8. The Balaban J connectivity index is 1.83. The van der Waals surface area contributed by atoms with Crippen molar-refractivity contribution in [2.45, 2.75) is 20.3 Å². The first kappa shape index (κ1) is 16.2. The molecule has 116 valence electrons. The molecule has 0 fully saturated rings. The molecule has 0 saturated heterocycles. The number of hydrogen-bond donors (Lipinski definition) is 1. The molecule has 1 amide bonds. The van der Waals surface area contributed by atoms with Crippen molar-refractivity contribution in [2.75, 3.05) is 6.61 Å². The van der Waals surface area contributed by atoms with Crippen LogP contribution in [0.3, 0.4) is 0 Å². The van der Waals surface area contributed by atoms with Gasteiger partial charge in [-0.25, -0.2) is 5.43 Å². The van der Waals surface area contributed by atoms with Crippen LogP contribution in [-0.4, -0.2) is 18.7 Å². The number of thiophene rings is 1. The van der Waals surface area contributed by atoms with Gasteiger partial charge in [-0.1, -0.05) is 19.9 Å². The van der Waals surface area contributed by atoms with Crippen molar-refractivity contribution in [1.29, 1.82) is 0 Å². The van der Waals surface area contributed by atoms with Crippen LogP contribution in [0.1, 0.15) is 35.5 Å². The molecule has 0 saturated carbocycles. The predicted octanol–water partition coefficient (Wildman–Crippen LogP) is 3.94. The summed E-state index contributed by atoms with van der Waals surface area (Å²) < 4.78 is 5.62. The van der Waals surface area contributed by atoms with Crippen LogP contribution in [0.4, 0.5) is 0 Å². The SMILES string of the molecule is CC(C)CCOc1ccc(C(=O)NN=Cc2cccs2)cc1. The highest BCUT2D eigenvalue weighted by molar-refractivity contribution is 7.11. The number of hydrazone groups is 1. The van der Waals surface area contributed by atoms with Crippen LogP contribution < -0.4 is 10.2 Å². The highest BCUT2D eigenvalue weighted by Gasteiger charge is 2.04. The van der Waals surface area contributed by atoms with Gasteiger partial charge in [0, 0.05) is 10.4 Å². The summed E-state index contributed by atoms with van der Waals surface area (Å²) in [4.78, 5) is 12.9. The summed E-state index contributed by atoms with van der Waals surface area (Å²) >= 11 is 1.56. The topological polar surface area (TPSA) is 50.7 Å². The van der Waals surface area contributed by atoms with E-state index in [0.717, 1.165) is 17.0 Å². The molecule has 0 spiro atoms. The van der Waals surface area contributed by atoms with Crippen molar-refractivity contribution < 1.29 is 9.53 Å². The van der Waals surface area contributed by atoms with Gasteiger partial charge in [0.2, 0.25) is 0 Å². The normalized spacial score (nSPS) is 11.0. The molecule has 0 atom stereocenters. The van der Waals surface area contributed by atoms with Gasteiger partial charge in [0.15, 0.2) is 0 Å². The lowest BCUT2D eigenvalue weighted by Crippen LogP contribution is -2.17. The molecule has 2 rings (SSSR count). The summed E-state index contributed by atoms with van der Waals surface area (Å²) in [5.41, 5.74) is 3.07. The molecule has 0 bridgehead atoms. The van der Waals surface area contributed by atoms with E-state index in [1.54, 1.807) is 41.8 Å². The number of carbonyl (C=O) groups excluding carboxylic acids is 1. The van der Waals surface area contributed by atoms with E-state index in [0.29, 0.717) is 18.1 Å². The summed E-state index contributed by atoms with van der Waals surface area (Å²) in [5.74, 6) is 1.16. The van der Waals surface area contributed by atoms with Gasteiger partial charge in [-0.2, -0.15) is 5.10 Å². The second-order valence-electron chi connectivity index (χ2n) is 5.27. The quantitative estimate of drug-likeness (QED) is 0.621. The second kappa shape index (κ2) is 8.34. The van der Waals surface area contributed by atoms with E-state index in [1.807, 2.05) is 17.5 Å². The Morgan fingerprint density at radius 2 is 2.09 bits per heavy atom. The lowest BCUT2D eigenvalue weighted by Gasteiger charge is -2.08. The number of hydrogen-bond acceptors (Lipinski definition) is 4. The minimum atomic E-state index is -0.235. The molecule has 22 heavy (non-hydrogen) atoms. The molecule has 0 aliphatic rings. The van der Waals surface area contributed by atoms with Gasteiger partial charge in [-0.05, 0) is 48.1 Å². The Morgan fingerprint density at radius 3 is 2.73 bits per heavy atom. The molecule has 2 aromatic rings. The lowest BCUT2D eigenvalue weighted by atomic mass is 10.1. The third kappa shape index (κ3) is 5.33. The third-order valence-corrected chi connectivity index (χ3v) is 3.79. The van der Waals surface area contributed by atoms with Crippen LogP contribution in [0.25, 0.3) is 0 Å². The molecule has 4 nitrogen and oxygen atoms in total. The first-order valence-electron chi connectivity index (χ1n) is 7.25. The summed E-state index contributed by atoms with van der Waals surface area (Å²) in [5, 5.41) is 5.90. The smallest absolute Gasteiger partial charge is 0.271 e. The van der Waals surface area contributed by atoms with Crippen LogP contribution in [0.5, 0.6) is 5.75 Å². The van der Waals surface area contributed by atoms with Gasteiger partial charge in [-0.15, -0.1) is 11.3 Å². The molecule has 1 heterocycles. The summed E-state index contributed by atoms with van der Waals surface area (Å²) in [7, 11) is 0. The van der Waals surface area contributed by atoms with Gasteiger partial charge in [0.25, 0.3) is 5.91 Å². The summed E-state index contributed by atoms with van der Waals surface area (Å²) in [6, 6.07) is 11.0. The highest BCUT2D eigenvalue weighted by Crippen LogP contribution is 2.13. The third-order valence-electron chi connectivity index (χ3n) is 2.98.